The average molecular weight is 516 g/mol. The van der Waals surface area contributed by atoms with E-state index in [0.717, 1.165) is 18.4 Å². The van der Waals surface area contributed by atoms with Crippen molar-refractivity contribution in [3.8, 4) is 22.3 Å². The van der Waals surface area contributed by atoms with Gasteiger partial charge in [0, 0.05) is 24.4 Å². The Balaban J connectivity index is 1.01. The Morgan fingerprint density at radius 3 is 1.90 bits per heavy atom. The molecule has 0 spiro atoms. The van der Waals surface area contributed by atoms with Crippen LogP contribution in [-0.4, -0.2) is 40.4 Å². The topological polar surface area (TPSA) is 49.8 Å². The number of amides is 1. The highest BCUT2D eigenvalue weighted by atomic mass is 16.6. The van der Waals surface area contributed by atoms with Crippen LogP contribution in [0.3, 0.4) is 0 Å². The number of hydrogen-bond donors (Lipinski definition) is 1. The van der Waals surface area contributed by atoms with E-state index < -0.39 is 5.60 Å². The zero-order valence-corrected chi connectivity index (χ0v) is 22.0. The zero-order valence-electron chi connectivity index (χ0n) is 22.0. The van der Waals surface area contributed by atoms with E-state index in [9.17, 15) is 9.90 Å². The molecular weight excluding hydrogens is 482 g/mol. The fourth-order valence-electron chi connectivity index (χ4n) is 7.26. The van der Waals surface area contributed by atoms with Gasteiger partial charge in [0.05, 0.1) is 5.60 Å². The van der Waals surface area contributed by atoms with Gasteiger partial charge in [0.1, 0.15) is 6.61 Å². The molecule has 1 N–H and O–H groups in total. The third kappa shape index (κ3) is 4.43. The first kappa shape index (κ1) is 24.2. The van der Waals surface area contributed by atoms with Crippen molar-refractivity contribution in [1.82, 2.24) is 4.90 Å². The Bertz CT molecular complexity index is 1440. The molecule has 2 unspecified atom stereocenters. The summed E-state index contributed by atoms with van der Waals surface area (Å²) in [5, 5.41) is 11.6. The highest BCUT2D eigenvalue weighted by Crippen LogP contribution is 2.46. The van der Waals surface area contributed by atoms with E-state index in [4.69, 9.17) is 4.74 Å². The Morgan fingerprint density at radius 1 is 0.744 bits per heavy atom. The minimum atomic E-state index is -0.805. The van der Waals surface area contributed by atoms with Crippen LogP contribution in [0.2, 0.25) is 0 Å². The number of piperidine rings is 1. The van der Waals surface area contributed by atoms with Crippen molar-refractivity contribution in [1.29, 1.82) is 0 Å². The molecule has 7 rings (SSSR count). The quantitative estimate of drug-likeness (QED) is 0.306. The van der Waals surface area contributed by atoms with Crippen LogP contribution >= 0.6 is 0 Å². The largest absolute Gasteiger partial charge is 0.448 e. The van der Waals surface area contributed by atoms with Gasteiger partial charge in [0.15, 0.2) is 0 Å². The van der Waals surface area contributed by atoms with Crippen LogP contribution in [0.25, 0.3) is 22.3 Å². The molecule has 2 heterocycles. The maximum Gasteiger partial charge on any atom is 0.410 e. The lowest BCUT2D eigenvalue weighted by Gasteiger charge is -2.43. The molecule has 196 valence electrons. The van der Waals surface area contributed by atoms with Gasteiger partial charge < -0.3 is 14.7 Å². The van der Waals surface area contributed by atoms with Gasteiger partial charge in [-0.25, -0.2) is 4.79 Å². The van der Waals surface area contributed by atoms with Gasteiger partial charge in [-0.15, -0.1) is 0 Å². The molecule has 4 nitrogen and oxygen atoms in total. The Morgan fingerprint density at radius 2 is 1.28 bits per heavy atom. The molecule has 4 aromatic rings. The molecule has 2 atom stereocenters. The van der Waals surface area contributed by atoms with E-state index in [2.05, 4.69) is 84.9 Å². The molecule has 0 saturated carbocycles. The van der Waals surface area contributed by atoms with E-state index in [1.54, 1.807) is 0 Å². The number of carbonyl (C=O) groups is 1. The first-order valence-corrected chi connectivity index (χ1v) is 14.1. The van der Waals surface area contributed by atoms with Crippen LogP contribution in [0.1, 0.15) is 48.3 Å². The maximum atomic E-state index is 13.4. The number of carbonyl (C=O) groups excluding carboxylic acids is 1. The second-order valence-electron chi connectivity index (χ2n) is 11.5. The molecule has 4 aromatic carbocycles. The second kappa shape index (κ2) is 9.69. The summed E-state index contributed by atoms with van der Waals surface area (Å²) < 4.78 is 6.01. The lowest BCUT2D eigenvalue weighted by atomic mass is 9.81. The smallest absolute Gasteiger partial charge is 0.410 e. The Labute approximate surface area is 229 Å². The van der Waals surface area contributed by atoms with Gasteiger partial charge in [-0.1, -0.05) is 103 Å². The molecule has 1 aliphatic carbocycles. The number of hydrogen-bond acceptors (Lipinski definition) is 3. The standard InChI is InChI=1S/C35H33NO3/c37-34(39-23-33-31-12-6-4-10-29(31)30-11-5-7-13-32(30)33)36-27-18-19-28(36)22-35(38,21-27)20-24-14-16-26(17-15-24)25-8-2-1-3-9-25/h1-17,27-28,33,38H,18-23H2. The number of benzene rings is 4. The predicted molar refractivity (Wildman–Crippen MR) is 153 cm³/mol. The minimum absolute atomic E-state index is 0.0213. The SMILES string of the molecule is O=C(OCC1c2ccccc2-c2ccccc21)N1C2CCC1CC(O)(Cc1ccc(-c3ccccc3)cc1)C2. The summed E-state index contributed by atoms with van der Waals surface area (Å²) in [7, 11) is 0. The first-order chi connectivity index (χ1) is 19.1. The lowest BCUT2D eigenvalue weighted by molar-refractivity contribution is -0.0479. The molecule has 0 aromatic heterocycles. The number of fused-ring (bicyclic) bond motifs is 5. The van der Waals surface area contributed by atoms with Gasteiger partial charge in [0.2, 0.25) is 0 Å². The van der Waals surface area contributed by atoms with Gasteiger partial charge in [0.25, 0.3) is 0 Å². The summed E-state index contributed by atoms with van der Waals surface area (Å²) in [6.07, 6.45) is 3.39. The maximum absolute atomic E-state index is 13.4. The summed E-state index contributed by atoms with van der Waals surface area (Å²) >= 11 is 0. The molecular formula is C35H33NO3. The van der Waals surface area contributed by atoms with Crippen molar-refractivity contribution in [2.24, 2.45) is 0 Å². The predicted octanol–water partition coefficient (Wildman–Crippen LogP) is 7.20. The van der Waals surface area contributed by atoms with Gasteiger partial charge in [-0.2, -0.15) is 0 Å². The molecule has 2 fully saturated rings. The van der Waals surface area contributed by atoms with Gasteiger partial charge >= 0.3 is 6.09 Å². The highest BCUT2D eigenvalue weighted by Gasteiger charge is 2.50. The fourth-order valence-corrected chi connectivity index (χ4v) is 7.26. The van der Waals surface area contributed by atoms with E-state index in [0.29, 0.717) is 25.9 Å². The second-order valence-corrected chi connectivity index (χ2v) is 11.5. The summed E-state index contributed by atoms with van der Waals surface area (Å²) in [6, 6.07) is 35.7. The van der Waals surface area contributed by atoms with Gasteiger partial charge in [-0.05, 0) is 64.6 Å². The third-order valence-corrected chi connectivity index (χ3v) is 8.99. The molecule has 1 amide bonds. The summed E-state index contributed by atoms with van der Waals surface area (Å²) in [5.74, 6) is 0.0552. The Kier molecular flexibility index (Phi) is 6.01. The normalized spacial score (nSPS) is 23.4. The first-order valence-electron chi connectivity index (χ1n) is 14.1. The van der Waals surface area contributed by atoms with Crippen molar-refractivity contribution in [3.63, 3.8) is 0 Å². The fraction of sp³-hybridized carbons (Fsp3) is 0.286. The number of rotatable bonds is 5. The van der Waals surface area contributed by atoms with E-state index in [1.165, 1.54) is 33.4 Å². The number of nitrogens with zero attached hydrogens (tertiary/aromatic N) is 1. The molecule has 2 aliphatic heterocycles. The summed E-state index contributed by atoms with van der Waals surface area (Å²) in [5.41, 5.74) is 7.60. The summed E-state index contributed by atoms with van der Waals surface area (Å²) in [4.78, 5) is 15.3. The molecule has 0 radical (unpaired) electrons. The Hall–Kier alpha value is -3.89. The van der Waals surface area contributed by atoms with Crippen LogP contribution < -0.4 is 0 Å². The molecule has 3 aliphatic rings. The van der Waals surface area contributed by atoms with E-state index in [-0.39, 0.29) is 24.1 Å². The van der Waals surface area contributed by atoms with Crippen LogP contribution in [0, 0.1) is 0 Å². The monoisotopic (exact) mass is 515 g/mol. The number of ether oxygens (including phenoxy) is 1. The van der Waals surface area contributed by atoms with Crippen molar-refractivity contribution in [2.45, 2.75) is 55.7 Å². The number of aliphatic hydroxyl groups is 1. The van der Waals surface area contributed by atoms with Crippen molar-refractivity contribution < 1.29 is 14.6 Å². The van der Waals surface area contributed by atoms with E-state index >= 15 is 0 Å². The molecule has 2 saturated heterocycles. The third-order valence-electron chi connectivity index (χ3n) is 8.99. The van der Waals surface area contributed by atoms with Crippen LogP contribution in [0.15, 0.2) is 103 Å². The average Bonchev–Trinajstić information content (AvgIpc) is 3.44. The molecule has 4 heteroatoms. The van der Waals surface area contributed by atoms with Crippen molar-refractivity contribution in [2.75, 3.05) is 6.61 Å². The van der Waals surface area contributed by atoms with Crippen molar-refractivity contribution >= 4 is 6.09 Å². The van der Waals surface area contributed by atoms with Crippen LogP contribution in [0.4, 0.5) is 4.79 Å². The lowest BCUT2D eigenvalue weighted by Crippen LogP contribution is -2.54. The van der Waals surface area contributed by atoms with E-state index in [1.807, 2.05) is 23.1 Å². The van der Waals surface area contributed by atoms with Crippen LogP contribution in [0.5, 0.6) is 0 Å². The summed E-state index contributed by atoms with van der Waals surface area (Å²) in [6.45, 7) is 0.334. The molecule has 39 heavy (non-hydrogen) atoms. The van der Waals surface area contributed by atoms with Crippen LogP contribution in [-0.2, 0) is 11.2 Å². The minimum Gasteiger partial charge on any atom is -0.448 e. The van der Waals surface area contributed by atoms with Crippen molar-refractivity contribution in [3.05, 3.63) is 120 Å². The molecule has 2 bridgehead atoms. The zero-order chi connectivity index (χ0) is 26.4. The highest BCUT2D eigenvalue weighted by molar-refractivity contribution is 5.79. The van der Waals surface area contributed by atoms with Gasteiger partial charge in [-0.3, -0.25) is 0 Å².